The Kier molecular flexibility index (Phi) is 11.4. The van der Waals surface area contributed by atoms with E-state index in [0.717, 1.165) is 50.5 Å². The van der Waals surface area contributed by atoms with E-state index < -0.39 is 6.10 Å². The van der Waals surface area contributed by atoms with Crippen molar-refractivity contribution >= 4 is 5.96 Å². The molecule has 0 saturated carbocycles. The van der Waals surface area contributed by atoms with Crippen molar-refractivity contribution in [3.05, 3.63) is 29.8 Å². The normalized spacial score (nSPS) is 12.9. The number of likely N-dealkylation sites (N-methyl/N-ethyl adjacent to an activating group) is 1. The fraction of sp³-hybridized carbons (Fsp3) is 0.632. The molecule has 0 saturated heterocycles. The maximum absolute atomic E-state index is 10.4. The molecule has 26 heavy (non-hydrogen) atoms. The molecule has 1 aromatic carbocycles. The van der Waals surface area contributed by atoms with Crippen LogP contribution in [0.1, 0.15) is 25.0 Å². The van der Waals surface area contributed by atoms with Gasteiger partial charge in [-0.3, -0.25) is 4.99 Å². The van der Waals surface area contributed by atoms with Crippen LogP contribution in [-0.4, -0.2) is 76.6 Å². The van der Waals surface area contributed by atoms with Crippen LogP contribution in [0, 0.1) is 0 Å². The molecular formula is C19H34N4O3. The fourth-order valence-corrected chi connectivity index (χ4v) is 2.43. The molecule has 0 spiro atoms. The molecule has 0 bridgehead atoms. The number of aliphatic hydroxyl groups excluding tert-OH is 1. The largest absolute Gasteiger partial charge is 0.497 e. The van der Waals surface area contributed by atoms with Gasteiger partial charge in [-0.25, -0.2) is 0 Å². The Morgan fingerprint density at radius 2 is 2.08 bits per heavy atom. The standard InChI is InChI=1S/C19H34N4O3/c1-5-20-19(21-10-12-23(2)11-7-13-25-3)22-15-18(24)16-8-6-9-17(14-16)26-4/h6,8-9,14,18,24H,5,7,10-13,15H2,1-4H3,(H2,20,21,22). The zero-order valence-electron chi connectivity index (χ0n) is 16.5. The number of ether oxygens (including phenoxy) is 2. The summed E-state index contributed by atoms with van der Waals surface area (Å²) >= 11 is 0. The lowest BCUT2D eigenvalue weighted by molar-refractivity contribution is 0.180. The lowest BCUT2D eigenvalue weighted by Gasteiger charge is -2.18. The Morgan fingerprint density at radius 1 is 1.27 bits per heavy atom. The minimum absolute atomic E-state index is 0.284. The van der Waals surface area contributed by atoms with Crippen molar-refractivity contribution in [1.29, 1.82) is 0 Å². The lowest BCUT2D eigenvalue weighted by atomic mass is 10.1. The zero-order chi connectivity index (χ0) is 19.2. The molecular weight excluding hydrogens is 332 g/mol. The average Bonchev–Trinajstić information content (AvgIpc) is 2.66. The van der Waals surface area contributed by atoms with Crippen molar-refractivity contribution in [3.8, 4) is 5.75 Å². The molecule has 0 radical (unpaired) electrons. The molecule has 0 aromatic heterocycles. The van der Waals surface area contributed by atoms with E-state index in [0.29, 0.717) is 5.96 Å². The number of benzene rings is 1. The summed E-state index contributed by atoms with van der Waals surface area (Å²) in [5, 5.41) is 16.9. The summed E-state index contributed by atoms with van der Waals surface area (Å²) in [5.74, 6) is 1.44. The molecule has 0 amide bonds. The van der Waals surface area contributed by atoms with E-state index in [-0.39, 0.29) is 6.54 Å². The molecule has 0 heterocycles. The molecule has 1 rings (SSSR count). The Bertz CT molecular complexity index is 525. The van der Waals surface area contributed by atoms with Crippen LogP contribution in [0.4, 0.5) is 0 Å². The molecule has 0 aliphatic heterocycles. The number of rotatable bonds is 12. The molecule has 0 aliphatic rings. The number of hydrogen-bond donors (Lipinski definition) is 3. The fourth-order valence-electron chi connectivity index (χ4n) is 2.43. The van der Waals surface area contributed by atoms with Crippen molar-refractivity contribution < 1.29 is 14.6 Å². The topological polar surface area (TPSA) is 78.4 Å². The number of guanidine groups is 1. The van der Waals surface area contributed by atoms with E-state index in [1.807, 2.05) is 31.2 Å². The summed E-state index contributed by atoms with van der Waals surface area (Å²) in [4.78, 5) is 6.73. The molecule has 148 valence electrons. The first-order valence-electron chi connectivity index (χ1n) is 9.12. The summed E-state index contributed by atoms with van der Waals surface area (Å²) in [6, 6.07) is 7.42. The van der Waals surface area contributed by atoms with Crippen molar-refractivity contribution in [3.63, 3.8) is 0 Å². The van der Waals surface area contributed by atoms with Crippen LogP contribution in [-0.2, 0) is 4.74 Å². The minimum Gasteiger partial charge on any atom is -0.497 e. The second kappa shape index (κ2) is 13.4. The van der Waals surface area contributed by atoms with Gasteiger partial charge in [0, 0.05) is 39.9 Å². The molecule has 7 heteroatoms. The predicted molar refractivity (Wildman–Crippen MR) is 106 cm³/mol. The first-order valence-corrected chi connectivity index (χ1v) is 9.12. The van der Waals surface area contributed by atoms with Gasteiger partial charge >= 0.3 is 0 Å². The highest BCUT2D eigenvalue weighted by molar-refractivity contribution is 5.79. The maximum Gasteiger partial charge on any atom is 0.191 e. The van der Waals surface area contributed by atoms with Crippen molar-refractivity contribution in [2.75, 3.05) is 60.6 Å². The van der Waals surface area contributed by atoms with E-state index >= 15 is 0 Å². The number of hydrogen-bond acceptors (Lipinski definition) is 5. The van der Waals surface area contributed by atoms with Crippen molar-refractivity contribution in [2.45, 2.75) is 19.4 Å². The van der Waals surface area contributed by atoms with Gasteiger partial charge in [-0.2, -0.15) is 0 Å². The Morgan fingerprint density at radius 3 is 2.77 bits per heavy atom. The molecule has 1 atom stereocenters. The molecule has 1 aromatic rings. The summed E-state index contributed by atoms with van der Waals surface area (Å²) in [7, 11) is 5.43. The van der Waals surface area contributed by atoms with Crippen molar-refractivity contribution in [1.82, 2.24) is 15.5 Å². The summed E-state index contributed by atoms with van der Waals surface area (Å²) in [5.41, 5.74) is 0.793. The van der Waals surface area contributed by atoms with Gasteiger partial charge in [0.05, 0.1) is 19.8 Å². The van der Waals surface area contributed by atoms with Gasteiger partial charge in [0.25, 0.3) is 0 Å². The van der Waals surface area contributed by atoms with Gasteiger partial charge in [-0.15, -0.1) is 0 Å². The second-order valence-corrected chi connectivity index (χ2v) is 6.09. The third kappa shape index (κ3) is 9.03. The van der Waals surface area contributed by atoms with E-state index in [2.05, 4.69) is 27.6 Å². The maximum atomic E-state index is 10.4. The summed E-state index contributed by atoms with van der Waals surface area (Å²) in [6.07, 6.45) is 0.353. The van der Waals surface area contributed by atoms with Crippen LogP contribution in [0.15, 0.2) is 29.3 Å². The highest BCUT2D eigenvalue weighted by Crippen LogP contribution is 2.19. The third-order valence-corrected chi connectivity index (χ3v) is 3.92. The summed E-state index contributed by atoms with van der Waals surface area (Å²) < 4.78 is 10.3. The van der Waals surface area contributed by atoms with Gasteiger partial charge < -0.3 is 30.1 Å². The Hall–Kier alpha value is -1.83. The third-order valence-electron chi connectivity index (χ3n) is 3.92. The Balaban J connectivity index is 2.46. The quantitative estimate of drug-likeness (QED) is 0.294. The van der Waals surface area contributed by atoms with Gasteiger partial charge in [-0.05, 0) is 38.1 Å². The van der Waals surface area contributed by atoms with Crippen LogP contribution in [0.25, 0.3) is 0 Å². The first kappa shape index (κ1) is 22.2. The van der Waals surface area contributed by atoms with E-state index in [1.54, 1.807) is 14.2 Å². The van der Waals surface area contributed by atoms with Crippen LogP contribution in [0.5, 0.6) is 5.75 Å². The zero-order valence-corrected chi connectivity index (χ0v) is 16.5. The SMILES string of the molecule is CCNC(=NCC(O)c1cccc(OC)c1)NCCN(C)CCCOC. The number of aliphatic hydroxyl groups is 1. The monoisotopic (exact) mass is 366 g/mol. The molecule has 3 N–H and O–H groups in total. The minimum atomic E-state index is -0.669. The second-order valence-electron chi connectivity index (χ2n) is 6.09. The van der Waals surface area contributed by atoms with E-state index in [4.69, 9.17) is 9.47 Å². The molecule has 1 unspecified atom stereocenters. The van der Waals surface area contributed by atoms with E-state index in [9.17, 15) is 5.11 Å². The van der Waals surface area contributed by atoms with Gasteiger partial charge in [-0.1, -0.05) is 12.1 Å². The Labute approximate surface area is 157 Å². The van der Waals surface area contributed by atoms with Gasteiger partial charge in [0.2, 0.25) is 0 Å². The first-order chi connectivity index (χ1) is 12.6. The lowest BCUT2D eigenvalue weighted by Crippen LogP contribution is -2.41. The van der Waals surface area contributed by atoms with E-state index in [1.165, 1.54) is 0 Å². The van der Waals surface area contributed by atoms with Crippen LogP contribution in [0.2, 0.25) is 0 Å². The smallest absolute Gasteiger partial charge is 0.191 e. The average molecular weight is 367 g/mol. The highest BCUT2D eigenvalue weighted by atomic mass is 16.5. The molecule has 7 nitrogen and oxygen atoms in total. The number of nitrogens with one attached hydrogen (secondary N) is 2. The number of methoxy groups -OCH3 is 2. The molecule has 0 aliphatic carbocycles. The predicted octanol–water partition coefficient (Wildman–Crippen LogP) is 1.25. The van der Waals surface area contributed by atoms with Crippen molar-refractivity contribution in [2.24, 2.45) is 4.99 Å². The van der Waals surface area contributed by atoms with Gasteiger partial charge in [0.15, 0.2) is 5.96 Å². The van der Waals surface area contributed by atoms with Crippen LogP contribution >= 0.6 is 0 Å². The highest BCUT2D eigenvalue weighted by Gasteiger charge is 2.08. The molecule has 0 fully saturated rings. The van der Waals surface area contributed by atoms with Gasteiger partial charge in [0.1, 0.15) is 5.75 Å². The van der Waals surface area contributed by atoms with Crippen LogP contribution < -0.4 is 15.4 Å². The number of nitrogens with zero attached hydrogens (tertiary/aromatic N) is 2. The number of aliphatic imine (C=N–C) groups is 1. The van der Waals surface area contributed by atoms with Crippen LogP contribution in [0.3, 0.4) is 0 Å². The summed E-state index contributed by atoms with van der Waals surface area (Å²) in [6.45, 7) is 6.54.